The fourth-order valence-electron chi connectivity index (χ4n) is 6.25. The lowest BCUT2D eigenvalue weighted by Gasteiger charge is -2.18. The Morgan fingerprint density at radius 3 is 1.68 bits per heavy atom. The van der Waals surface area contributed by atoms with Gasteiger partial charge in [0.1, 0.15) is 11.2 Å². The molecule has 1 heterocycles. The van der Waals surface area contributed by atoms with Crippen LogP contribution < -0.4 is 0 Å². The molecule has 1 aromatic heterocycles. The van der Waals surface area contributed by atoms with E-state index < -0.39 is 24.2 Å². The van der Waals surface area contributed by atoms with Crippen LogP contribution in [0.15, 0.2) is 150 Å². The van der Waals surface area contributed by atoms with Crippen molar-refractivity contribution in [3.8, 4) is 22.3 Å². The molecule has 0 fully saturated rings. The first-order valence-electron chi connectivity index (χ1n) is 17.4. The van der Waals surface area contributed by atoms with E-state index >= 15 is 0 Å². The van der Waals surface area contributed by atoms with Crippen LogP contribution in [0.1, 0.15) is 11.0 Å². The van der Waals surface area contributed by atoms with Gasteiger partial charge >= 0.3 is 0 Å². The maximum Gasteiger partial charge on any atom is 0.136 e. The molecule has 0 unspecified atom stereocenters. The molecular formula is C40H24O. The van der Waals surface area contributed by atoms with E-state index in [0.717, 1.165) is 32.3 Å². The van der Waals surface area contributed by atoms with Crippen LogP contribution in [0, 0.1) is 0 Å². The lowest BCUT2D eigenvalue weighted by molar-refractivity contribution is 0.669. The van der Waals surface area contributed by atoms with Gasteiger partial charge in [-0.15, -0.1) is 0 Å². The van der Waals surface area contributed by atoms with Crippen LogP contribution in [0.25, 0.3) is 87.3 Å². The molecule has 0 aliphatic carbocycles. The van der Waals surface area contributed by atoms with E-state index in [1.54, 1.807) is 6.07 Å². The van der Waals surface area contributed by atoms with Gasteiger partial charge in [-0.25, -0.2) is 0 Å². The Kier molecular flexibility index (Phi) is 3.34. The largest absolute Gasteiger partial charge is 0.456 e. The van der Waals surface area contributed by atoms with E-state index in [1.165, 1.54) is 0 Å². The molecule has 0 aliphatic heterocycles. The highest BCUT2D eigenvalue weighted by Gasteiger charge is 2.18. The second-order valence-corrected chi connectivity index (χ2v) is 10.3. The molecule has 0 saturated heterocycles. The monoisotopic (exact) mass is 528 g/mol. The summed E-state index contributed by atoms with van der Waals surface area (Å²) in [5.74, 6) is 0. The van der Waals surface area contributed by atoms with Crippen LogP contribution in [0.5, 0.6) is 0 Å². The highest BCUT2D eigenvalue weighted by atomic mass is 16.3. The van der Waals surface area contributed by atoms with E-state index in [9.17, 15) is 5.48 Å². The molecule has 41 heavy (non-hydrogen) atoms. The minimum Gasteiger partial charge on any atom is -0.456 e. The van der Waals surface area contributed by atoms with Gasteiger partial charge < -0.3 is 4.42 Å². The molecule has 1 heteroatoms. The SMILES string of the molecule is [2H]c1c([2H])c([2H])c2c(-c3ccc4c(c3)oc3ccc5ccccc5c34)c3c([2H])c([2H])c([2H])c([2H])c3c(-c3ccc4ccccc4c3)c2c1[2H]. The van der Waals surface area contributed by atoms with Gasteiger partial charge in [-0.3, -0.25) is 0 Å². The average Bonchev–Trinajstić information content (AvgIpc) is 3.51. The van der Waals surface area contributed by atoms with Crippen LogP contribution in [0.3, 0.4) is 0 Å². The minimum atomic E-state index is -0.431. The number of hydrogen-bond donors (Lipinski definition) is 0. The third-order valence-corrected chi connectivity index (χ3v) is 8.06. The fourth-order valence-corrected chi connectivity index (χ4v) is 6.25. The van der Waals surface area contributed by atoms with E-state index in [-0.39, 0.29) is 45.7 Å². The first-order valence-corrected chi connectivity index (χ1v) is 13.4. The first kappa shape index (κ1) is 16.0. The van der Waals surface area contributed by atoms with Crippen LogP contribution in [-0.4, -0.2) is 0 Å². The van der Waals surface area contributed by atoms with Crippen LogP contribution >= 0.6 is 0 Å². The number of benzene rings is 8. The number of furan rings is 1. The Balaban J connectivity index is 1.50. The predicted octanol–water partition coefficient (Wildman–Crippen LogP) is 11.5. The molecule has 0 atom stereocenters. The molecule has 190 valence electrons. The predicted molar refractivity (Wildman–Crippen MR) is 175 cm³/mol. The first-order chi connectivity index (χ1) is 23.7. The van der Waals surface area contributed by atoms with Gasteiger partial charge in [-0.1, -0.05) is 121 Å². The molecule has 0 N–H and O–H groups in total. The summed E-state index contributed by atoms with van der Waals surface area (Å²) >= 11 is 0. The Bertz CT molecular complexity index is 2850. The quantitative estimate of drug-likeness (QED) is 0.203. The summed E-state index contributed by atoms with van der Waals surface area (Å²) in [6.45, 7) is 0. The van der Waals surface area contributed by atoms with E-state index in [0.29, 0.717) is 33.4 Å². The van der Waals surface area contributed by atoms with Gasteiger partial charge in [0.2, 0.25) is 0 Å². The van der Waals surface area contributed by atoms with E-state index in [2.05, 4.69) is 0 Å². The Morgan fingerprint density at radius 2 is 0.976 bits per heavy atom. The summed E-state index contributed by atoms with van der Waals surface area (Å²) in [6.07, 6.45) is 0. The van der Waals surface area contributed by atoms with Crippen molar-refractivity contribution < 1.29 is 15.4 Å². The summed E-state index contributed by atoms with van der Waals surface area (Å²) in [4.78, 5) is 0. The summed E-state index contributed by atoms with van der Waals surface area (Å²) in [6, 6.07) is 28.0. The molecule has 0 radical (unpaired) electrons. The normalized spacial score (nSPS) is 14.6. The second kappa shape index (κ2) is 8.55. The van der Waals surface area contributed by atoms with Crippen LogP contribution in [0.4, 0.5) is 0 Å². The minimum absolute atomic E-state index is 0.174. The molecular weight excluding hydrogens is 496 g/mol. The van der Waals surface area contributed by atoms with Crippen LogP contribution in [-0.2, 0) is 0 Å². The van der Waals surface area contributed by atoms with Gasteiger partial charge in [-0.2, -0.15) is 0 Å². The standard InChI is InChI=1S/C40H24O/c1-2-11-27-23-28(18-17-25(27)9-1)38-31-13-5-7-15-33(31)39(34-16-8-6-14-32(34)38)29-19-21-35-37(24-29)41-36-22-20-26-10-3-4-12-30(26)40(35)36/h1-24H/i5D,6D,7D,8D,13D,14D,15D,16D. The van der Waals surface area contributed by atoms with Crippen LogP contribution in [0.2, 0.25) is 0 Å². The molecule has 9 aromatic rings. The smallest absolute Gasteiger partial charge is 0.136 e. The molecule has 0 saturated carbocycles. The van der Waals surface area contributed by atoms with E-state index in [1.807, 2.05) is 91.0 Å². The third-order valence-electron chi connectivity index (χ3n) is 8.06. The van der Waals surface area contributed by atoms with Crippen molar-refractivity contribution in [1.29, 1.82) is 0 Å². The van der Waals surface area contributed by atoms with Gasteiger partial charge in [0, 0.05) is 10.8 Å². The lowest BCUT2D eigenvalue weighted by atomic mass is 9.85. The topological polar surface area (TPSA) is 13.1 Å². The van der Waals surface area contributed by atoms with E-state index in [4.69, 9.17) is 9.90 Å². The maximum atomic E-state index is 9.24. The average molecular weight is 529 g/mol. The van der Waals surface area contributed by atoms with Crippen molar-refractivity contribution in [3.63, 3.8) is 0 Å². The number of hydrogen-bond acceptors (Lipinski definition) is 1. The molecule has 0 spiro atoms. The molecule has 9 rings (SSSR count). The number of rotatable bonds is 2. The van der Waals surface area contributed by atoms with Crippen molar-refractivity contribution in [2.24, 2.45) is 0 Å². The van der Waals surface area contributed by atoms with Crippen molar-refractivity contribution >= 4 is 65.0 Å². The zero-order chi connectivity index (χ0) is 33.9. The third kappa shape index (κ3) is 3.30. The molecule has 1 nitrogen and oxygen atoms in total. The molecule has 0 amide bonds. The van der Waals surface area contributed by atoms with Gasteiger partial charge in [0.05, 0.1) is 11.0 Å². The highest BCUT2D eigenvalue weighted by molar-refractivity contribution is 6.23. The van der Waals surface area contributed by atoms with Crippen molar-refractivity contribution in [2.45, 2.75) is 0 Å². The van der Waals surface area contributed by atoms with Gasteiger partial charge in [0.25, 0.3) is 0 Å². The van der Waals surface area contributed by atoms with Crippen molar-refractivity contribution in [1.82, 2.24) is 0 Å². The Morgan fingerprint density at radius 1 is 0.415 bits per heavy atom. The summed E-state index contributed by atoms with van der Waals surface area (Å²) in [5, 5.41) is 6.47. The zero-order valence-corrected chi connectivity index (χ0v) is 21.6. The van der Waals surface area contributed by atoms with Crippen molar-refractivity contribution in [2.75, 3.05) is 0 Å². The molecule has 0 bridgehead atoms. The lowest BCUT2D eigenvalue weighted by Crippen LogP contribution is -1.91. The Hall–Kier alpha value is -5.40. The van der Waals surface area contributed by atoms with Gasteiger partial charge in [0.15, 0.2) is 0 Å². The molecule has 0 aliphatic rings. The Labute approximate surface area is 248 Å². The highest BCUT2D eigenvalue weighted by Crippen LogP contribution is 2.45. The summed E-state index contributed by atoms with van der Waals surface area (Å²) in [7, 11) is 0. The van der Waals surface area contributed by atoms with Gasteiger partial charge in [-0.05, 0) is 89.6 Å². The summed E-state index contributed by atoms with van der Waals surface area (Å²) < 4.78 is 78.1. The number of fused-ring (bicyclic) bond motifs is 8. The van der Waals surface area contributed by atoms with Crippen molar-refractivity contribution in [3.05, 3.63) is 145 Å². The zero-order valence-electron chi connectivity index (χ0n) is 29.6. The second-order valence-electron chi connectivity index (χ2n) is 10.3. The summed E-state index contributed by atoms with van der Waals surface area (Å²) in [5.41, 5.74) is 2.94. The maximum absolute atomic E-state index is 9.24. The fraction of sp³-hybridized carbons (Fsp3) is 0. The molecule has 8 aromatic carbocycles.